The van der Waals surface area contributed by atoms with Crippen LogP contribution in [0.2, 0.25) is 0 Å². The Morgan fingerprint density at radius 2 is 2.25 bits per heavy atom. The summed E-state index contributed by atoms with van der Waals surface area (Å²) in [5.74, 6) is 0.421. The number of fused-ring (bicyclic) bond motifs is 1. The Kier molecular flexibility index (Phi) is 4.20. The van der Waals surface area contributed by atoms with Crippen molar-refractivity contribution in [2.75, 3.05) is 4.90 Å². The number of anilines is 1. The van der Waals surface area contributed by atoms with Crippen LogP contribution in [0.4, 0.5) is 5.69 Å². The molecule has 24 heavy (non-hydrogen) atoms. The number of aromatic nitrogens is 3. The van der Waals surface area contributed by atoms with Gasteiger partial charge in [0.1, 0.15) is 5.52 Å². The van der Waals surface area contributed by atoms with E-state index in [1.165, 1.54) is 6.08 Å². The zero-order chi connectivity index (χ0) is 17.3. The lowest BCUT2D eigenvalue weighted by atomic mass is 10.2. The van der Waals surface area contributed by atoms with Crippen molar-refractivity contribution in [3.63, 3.8) is 0 Å². The van der Waals surface area contributed by atoms with E-state index >= 15 is 0 Å². The van der Waals surface area contributed by atoms with Crippen LogP contribution in [0.25, 0.3) is 11.1 Å². The van der Waals surface area contributed by atoms with Crippen LogP contribution in [0.3, 0.4) is 0 Å². The quantitative estimate of drug-likeness (QED) is 0.672. The SMILES string of the molecule is C=CC(=O)N(Cc1cnn(C(C)C)c1)c1ccc2nc(C)oc2c1. The van der Waals surface area contributed by atoms with Crippen molar-refractivity contribution in [1.29, 1.82) is 0 Å². The highest BCUT2D eigenvalue weighted by Gasteiger charge is 2.16. The third-order valence-electron chi connectivity index (χ3n) is 3.76. The van der Waals surface area contributed by atoms with Crippen molar-refractivity contribution in [2.45, 2.75) is 33.4 Å². The van der Waals surface area contributed by atoms with Crippen molar-refractivity contribution >= 4 is 22.7 Å². The Labute approximate surface area is 140 Å². The predicted octanol–water partition coefficient (Wildman–Crippen LogP) is 3.63. The van der Waals surface area contributed by atoms with Gasteiger partial charge in [0, 0.05) is 36.5 Å². The molecule has 6 nitrogen and oxygen atoms in total. The summed E-state index contributed by atoms with van der Waals surface area (Å²) < 4.78 is 7.44. The summed E-state index contributed by atoms with van der Waals surface area (Å²) >= 11 is 0. The molecule has 2 heterocycles. The lowest BCUT2D eigenvalue weighted by Gasteiger charge is -2.20. The molecule has 124 valence electrons. The first-order valence-electron chi connectivity index (χ1n) is 7.82. The Morgan fingerprint density at radius 1 is 1.46 bits per heavy atom. The summed E-state index contributed by atoms with van der Waals surface area (Å²) in [5, 5.41) is 4.33. The Bertz CT molecular complexity index is 891. The molecule has 0 unspecified atom stereocenters. The van der Waals surface area contributed by atoms with E-state index < -0.39 is 0 Å². The number of carbonyl (C=O) groups excluding carboxylic acids is 1. The van der Waals surface area contributed by atoms with Crippen molar-refractivity contribution in [3.05, 3.63) is 54.7 Å². The lowest BCUT2D eigenvalue weighted by Crippen LogP contribution is -2.28. The Balaban J connectivity index is 1.94. The number of benzene rings is 1. The van der Waals surface area contributed by atoms with E-state index in [1.54, 1.807) is 18.0 Å². The third-order valence-corrected chi connectivity index (χ3v) is 3.76. The zero-order valence-electron chi connectivity index (χ0n) is 14.1. The highest BCUT2D eigenvalue weighted by Crippen LogP contribution is 2.24. The summed E-state index contributed by atoms with van der Waals surface area (Å²) in [6, 6.07) is 5.81. The number of aryl methyl sites for hydroxylation is 1. The monoisotopic (exact) mass is 324 g/mol. The van der Waals surface area contributed by atoms with E-state index in [0.717, 1.165) is 16.8 Å². The van der Waals surface area contributed by atoms with Gasteiger partial charge in [0.15, 0.2) is 11.5 Å². The summed E-state index contributed by atoms with van der Waals surface area (Å²) in [6.07, 6.45) is 5.04. The minimum absolute atomic E-state index is 0.178. The van der Waals surface area contributed by atoms with Gasteiger partial charge in [0.2, 0.25) is 0 Å². The van der Waals surface area contributed by atoms with Gasteiger partial charge in [-0.15, -0.1) is 0 Å². The molecule has 1 aromatic carbocycles. The van der Waals surface area contributed by atoms with Crippen LogP contribution in [0, 0.1) is 6.92 Å². The molecule has 3 rings (SSSR count). The molecule has 0 aliphatic rings. The Morgan fingerprint density at radius 3 is 2.92 bits per heavy atom. The molecule has 0 spiro atoms. The molecular formula is C18H20N4O2. The van der Waals surface area contributed by atoms with Gasteiger partial charge >= 0.3 is 0 Å². The van der Waals surface area contributed by atoms with Gasteiger partial charge in [0.05, 0.1) is 12.7 Å². The van der Waals surface area contributed by atoms with Gasteiger partial charge in [-0.1, -0.05) is 6.58 Å². The maximum absolute atomic E-state index is 12.3. The van der Waals surface area contributed by atoms with Crippen molar-refractivity contribution in [3.8, 4) is 0 Å². The van der Waals surface area contributed by atoms with E-state index in [2.05, 4.69) is 30.5 Å². The van der Waals surface area contributed by atoms with E-state index in [0.29, 0.717) is 18.0 Å². The van der Waals surface area contributed by atoms with Crippen LogP contribution in [-0.2, 0) is 11.3 Å². The first kappa shape index (κ1) is 16.0. The smallest absolute Gasteiger partial charge is 0.250 e. The molecule has 2 aromatic heterocycles. The number of hydrogen-bond acceptors (Lipinski definition) is 4. The summed E-state index contributed by atoms with van der Waals surface area (Å²) in [4.78, 5) is 18.3. The molecule has 0 aliphatic heterocycles. The van der Waals surface area contributed by atoms with Gasteiger partial charge < -0.3 is 9.32 Å². The number of hydrogen-bond donors (Lipinski definition) is 0. The van der Waals surface area contributed by atoms with E-state index in [9.17, 15) is 4.79 Å². The number of rotatable bonds is 5. The minimum atomic E-state index is -0.178. The summed E-state index contributed by atoms with van der Waals surface area (Å²) in [6.45, 7) is 9.93. The van der Waals surface area contributed by atoms with E-state index in [4.69, 9.17) is 4.42 Å². The summed E-state index contributed by atoms with van der Waals surface area (Å²) in [7, 11) is 0. The third kappa shape index (κ3) is 3.08. The van der Waals surface area contributed by atoms with Crippen LogP contribution >= 0.6 is 0 Å². The van der Waals surface area contributed by atoms with E-state index in [1.807, 2.05) is 29.1 Å². The maximum atomic E-state index is 12.3. The summed E-state index contributed by atoms with van der Waals surface area (Å²) in [5.41, 5.74) is 3.12. The van der Waals surface area contributed by atoms with Crippen LogP contribution in [-0.4, -0.2) is 20.7 Å². The van der Waals surface area contributed by atoms with Crippen LogP contribution in [0.15, 0.2) is 47.7 Å². The zero-order valence-corrected chi connectivity index (χ0v) is 14.1. The van der Waals surface area contributed by atoms with E-state index in [-0.39, 0.29) is 11.9 Å². The second kappa shape index (κ2) is 6.31. The molecular weight excluding hydrogens is 304 g/mol. The number of carbonyl (C=O) groups is 1. The highest BCUT2D eigenvalue weighted by atomic mass is 16.3. The first-order valence-corrected chi connectivity index (χ1v) is 7.82. The predicted molar refractivity (Wildman–Crippen MR) is 92.7 cm³/mol. The lowest BCUT2D eigenvalue weighted by molar-refractivity contribution is -0.114. The second-order valence-electron chi connectivity index (χ2n) is 5.94. The molecule has 6 heteroatoms. The van der Waals surface area contributed by atoms with Crippen molar-refractivity contribution in [2.24, 2.45) is 0 Å². The average Bonchev–Trinajstić information content (AvgIpc) is 3.16. The first-order chi connectivity index (χ1) is 11.5. The fourth-order valence-electron chi connectivity index (χ4n) is 2.53. The van der Waals surface area contributed by atoms with Crippen molar-refractivity contribution < 1.29 is 9.21 Å². The second-order valence-corrected chi connectivity index (χ2v) is 5.94. The van der Waals surface area contributed by atoms with Gasteiger partial charge in [0.25, 0.3) is 5.91 Å². The minimum Gasteiger partial charge on any atom is -0.441 e. The molecule has 3 aromatic rings. The molecule has 0 fully saturated rings. The fraction of sp³-hybridized carbons (Fsp3) is 0.278. The molecule has 0 bridgehead atoms. The van der Waals surface area contributed by atoms with Gasteiger partial charge in [-0.25, -0.2) is 4.98 Å². The topological polar surface area (TPSA) is 64.2 Å². The van der Waals surface area contributed by atoms with Gasteiger partial charge in [-0.2, -0.15) is 5.10 Å². The standard InChI is InChI=1S/C18H20N4O2/c1-5-18(23)21(10-14-9-19-22(11-14)12(2)3)15-6-7-16-17(8-15)24-13(4)20-16/h5-9,11-12H,1,10H2,2-4H3. The normalized spacial score (nSPS) is 11.2. The van der Waals surface area contributed by atoms with Crippen LogP contribution < -0.4 is 4.90 Å². The molecule has 0 aliphatic carbocycles. The number of oxazole rings is 1. The Hall–Kier alpha value is -2.89. The van der Waals surface area contributed by atoms with Crippen molar-refractivity contribution in [1.82, 2.24) is 14.8 Å². The fourth-order valence-corrected chi connectivity index (χ4v) is 2.53. The maximum Gasteiger partial charge on any atom is 0.250 e. The van der Waals surface area contributed by atoms with Crippen LogP contribution in [0.1, 0.15) is 31.3 Å². The molecule has 0 saturated carbocycles. The van der Waals surface area contributed by atoms with Crippen LogP contribution in [0.5, 0.6) is 0 Å². The highest BCUT2D eigenvalue weighted by molar-refractivity contribution is 6.01. The molecule has 1 amide bonds. The average molecular weight is 324 g/mol. The molecule has 0 saturated heterocycles. The largest absolute Gasteiger partial charge is 0.441 e. The molecule has 0 atom stereocenters. The number of amides is 1. The molecule has 0 radical (unpaired) electrons. The van der Waals surface area contributed by atoms with Gasteiger partial charge in [-0.3, -0.25) is 9.48 Å². The van der Waals surface area contributed by atoms with Gasteiger partial charge in [-0.05, 0) is 32.1 Å². The number of nitrogens with zero attached hydrogens (tertiary/aromatic N) is 4. The molecule has 0 N–H and O–H groups in total.